The maximum atomic E-state index is 13.1. The molecule has 1 heterocycles. The Labute approximate surface area is 196 Å². The molecule has 0 spiro atoms. The third-order valence-corrected chi connectivity index (χ3v) is 5.77. The normalized spacial score (nSPS) is 18.4. The molecule has 0 unspecified atom stereocenters. The number of unbranched alkanes of at least 4 members (excludes halogenated alkanes) is 2. The SMILES string of the molecule is CC(C)[C@H](NC(=O)[C@H](CCCCN)NC(=O)[C@H](CCCCN)NC(=O)[C@@H]1CCCN1)C(=O)O. The van der Waals surface area contributed by atoms with Gasteiger partial charge in [-0.05, 0) is 76.9 Å². The zero-order valence-corrected chi connectivity index (χ0v) is 19.9. The zero-order valence-electron chi connectivity index (χ0n) is 19.9. The molecule has 1 aliphatic rings. The van der Waals surface area contributed by atoms with Crippen molar-refractivity contribution in [1.29, 1.82) is 0 Å². The van der Waals surface area contributed by atoms with Gasteiger partial charge in [0.2, 0.25) is 17.7 Å². The highest BCUT2D eigenvalue weighted by Crippen LogP contribution is 2.10. The molecular weight excluding hydrogens is 428 g/mol. The maximum absolute atomic E-state index is 13.1. The van der Waals surface area contributed by atoms with Crippen LogP contribution in [0.2, 0.25) is 0 Å². The van der Waals surface area contributed by atoms with Crippen LogP contribution in [0.15, 0.2) is 0 Å². The van der Waals surface area contributed by atoms with Crippen molar-refractivity contribution in [1.82, 2.24) is 21.3 Å². The monoisotopic (exact) mass is 470 g/mol. The first-order valence-electron chi connectivity index (χ1n) is 12.0. The average Bonchev–Trinajstić information content (AvgIpc) is 3.30. The number of carboxylic acid groups (broad SMARTS) is 1. The third kappa shape index (κ3) is 10.5. The summed E-state index contributed by atoms with van der Waals surface area (Å²) < 4.78 is 0. The molecular formula is C22H42N6O5. The molecule has 0 aliphatic carbocycles. The van der Waals surface area contributed by atoms with Crippen molar-refractivity contribution >= 4 is 23.7 Å². The Hall–Kier alpha value is -2.24. The highest BCUT2D eigenvalue weighted by Gasteiger charge is 2.31. The number of nitrogens with one attached hydrogen (secondary N) is 4. The van der Waals surface area contributed by atoms with E-state index in [1.165, 1.54) is 0 Å². The fraction of sp³-hybridized carbons (Fsp3) is 0.818. The van der Waals surface area contributed by atoms with Crippen LogP contribution in [-0.4, -0.2) is 72.6 Å². The van der Waals surface area contributed by atoms with Crippen LogP contribution in [0.3, 0.4) is 0 Å². The lowest BCUT2D eigenvalue weighted by molar-refractivity contribution is -0.143. The summed E-state index contributed by atoms with van der Waals surface area (Å²) in [6.45, 7) is 5.06. The molecule has 1 rings (SSSR count). The van der Waals surface area contributed by atoms with E-state index in [2.05, 4.69) is 21.3 Å². The molecule has 0 aromatic carbocycles. The first kappa shape index (κ1) is 28.8. The first-order valence-corrected chi connectivity index (χ1v) is 12.0. The number of nitrogens with two attached hydrogens (primary N) is 2. The predicted molar refractivity (Wildman–Crippen MR) is 125 cm³/mol. The van der Waals surface area contributed by atoms with Crippen LogP contribution >= 0.6 is 0 Å². The average molecular weight is 471 g/mol. The number of hydrogen-bond donors (Lipinski definition) is 7. The number of carboxylic acids is 1. The van der Waals surface area contributed by atoms with Crippen molar-refractivity contribution in [2.45, 2.75) is 89.4 Å². The van der Waals surface area contributed by atoms with E-state index in [1.54, 1.807) is 13.8 Å². The topological polar surface area (TPSA) is 189 Å². The minimum Gasteiger partial charge on any atom is -0.480 e. The summed E-state index contributed by atoms with van der Waals surface area (Å²) in [6.07, 6.45) is 4.91. The molecule has 190 valence electrons. The van der Waals surface area contributed by atoms with Gasteiger partial charge in [-0.15, -0.1) is 0 Å². The fourth-order valence-corrected chi connectivity index (χ4v) is 3.74. The lowest BCUT2D eigenvalue weighted by atomic mass is 10.0. The Morgan fingerprint density at radius 2 is 1.45 bits per heavy atom. The summed E-state index contributed by atoms with van der Waals surface area (Å²) in [5.41, 5.74) is 11.1. The Balaban J connectivity index is 2.90. The van der Waals surface area contributed by atoms with Crippen molar-refractivity contribution in [2.75, 3.05) is 19.6 Å². The van der Waals surface area contributed by atoms with E-state index in [0.717, 1.165) is 13.0 Å². The van der Waals surface area contributed by atoms with Gasteiger partial charge >= 0.3 is 5.97 Å². The van der Waals surface area contributed by atoms with E-state index in [1.807, 2.05) is 0 Å². The second-order valence-corrected chi connectivity index (χ2v) is 8.91. The van der Waals surface area contributed by atoms with Crippen LogP contribution in [0.1, 0.15) is 65.2 Å². The van der Waals surface area contributed by atoms with Gasteiger partial charge in [0.25, 0.3) is 0 Å². The van der Waals surface area contributed by atoms with Crippen LogP contribution in [0.5, 0.6) is 0 Å². The number of aliphatic carboxylic acids is 1. The molecule has 3 amide bonds. The van der Waals surface area contributed by atoms with Crippen molar-refractivity contribution in [3.05, 3.63) is 0 Å². The summed E-state index contributed by atoms with van der Waals surface area (Å²) in [4.78, 5) is 50.0. The summed E-state index contributed by atoms with van der Waals surface area (Å²) in [6, 6.07) is -3.14. The molecule has 0 saturated carbocycles. The highest BCUT2D eigenvalue weighted by atomic mass is 16.4. The zero-order chi connectivity index (χ0) is 24.8. The van der Waals surface area contributed by atoms with Crippen LogP contribution in [0.4, 0.5) is 0 Å². The van der Waals surface area contributed by atoms with E-state index in [0.29, 0.717) is 58.0 Å². The fourth-order valence-electron chi connectivity index (χ4n) is 3.74. The quantitative estimate of drug-likeness (QED) is 0.143. The van der Waals surface area contributed by atoms with Crippen LogP contribution in [0.25, 0.3) is 0 Å². The maximum Gasteiger partial charge on any atom is 0.326 e. The molecule has 0 bridgehead atoms. The summed E-state index contributed by atoms with van der Waals surface area (Å²) >= 11 is 0. The van der Waals surface area contributed by atoms with Crippen molar-refractivity contribution in [3.63, 3.8) is 0 Å². The molecule has 0 radical (unpaired) electrons. The van der Waals surface area contributed by atoms with E-state index >= 15 is 0 Å². The van der Waals surface area contributed by atoms with Gasteiger partial charge in [-0.2, -0.15) is 0 Å². The van der Waals surface area contributed by atoms with Crippen LogP contribution in [-0.2, 0) is 19.2 Å². The van der Waals surface area contributed by atoms with Gasteiger partial charge in [0.05, 0.1) is 6.04 Å². The lowest BCUT2D eigenvalue weighted by Gasteiger charge is -2.26. The molecule has 0 aromatic heterocycles. The van der Waals surface area contributed by atoms with Gasteiger partial charge in [-0.3, -0.25) is 14.4 Å². The number of rotatable bonds is 16. The molecule has 1 fully saturated rings. The van der Waals surface area contributed by atoms with Gasteiger partial charge < -0.3 is 37.8 Å². The molecule has 4 atom stereocenters. The Bertz CT molecular complexity index is 639. The number of hydrogen-bond acceptors (Lipinski definition) is 7. The minimum absolute atomic E-state index is 0.240. The third-order valence-electron chi connectivity index (χ3n) is 5.77. The van der Waals surface area contributed by atoms with Crippen LogP contribution < -0.4 is 32.7 Å². The summed E-state index contributed by atoms with van der Waals surface area (Å²) in [7, 11) is 0. The second-order valence-electron chi connectivity index (χ2n) is 8.91. The number of amides is 3. The smallest absolute Gasteiger partial charge is 0.326 e. The molecule has 0 aromatic rings. The number of carbonyl (C=O) groups is 4. The van der Waals surface area contributed by atoms with Crippen LogP contribution in [0, 0.1) is 5.92 Å². The Morgan fingerprint density at radius 1 is 0.909 bits per heavy atom. The first-order chi connectivity index (χ1) is 15.7. The van der Waals surface area contributed by atoms with E-state index in [-0.39, 0.29) is 17.9 Å². The van der Waals surface area contributed by atoms with E-state index < -0.39 is 35.9 Å². The molecule has 33 heavy (non-hydrogen) atoms. The van der Waals surface area contributed by atoms with Crippen molar-refractivity contribution < 1.29 is 24.3 Å². The highest BCUT2D eigenvalue weighted by molar-refractivity contribution is 5.94. The van der Waals surface area contributed by atoms with Gasteiger partial charge in [0.15, 0.2) is 0 Å². The Kier molecular flexibility index (Phi) is 13.6. The molecule has 9 N–H and O–H groups in total. The molecule has 11 heteroatoms. The van der Waals surface area contributed by atoms with Gasteiger partial charge in [0, 0.05) is 0 Å². The van der Waals surface area contributed by atoms with E-state index in [9.17, 15) is 24.3 Å². The van der Waals surface area contributed by atoms with Crippen molar-refractivity contribution in [2.24, 2.45) is 17.4 Å². The predicted octanol–water partition coefficient (Wildman–Crippen LogP) is -0.809. The second kappa shape index (κ2) is 15.6. The van der Waals surface area contributed by atoms with Gasteiger partial charge in [0.1, 0.15) is 18.1 Å². The van der Waals surface area contributed by atoms with Crippen molar-refractivity contribution in [3.8, 4) is 0 Å². The number of carbonyl (C=O) groups excluding carboxylic acids is 3. The Morgan fingerprint density at radius 3 is 1.91 bits per heavy atom. The van der Waals surface area contributed by atoms with Gasteiger partial charge in [-0.25, -0.2) is 4.79 Å². The van der Waals surface area contributed by atoms with E-state index in [4.69, 9.17) is 11.5 Å². The largest absolute Gasteiger partial charge is 0.480 e. The van der Waals surface area contributed by atoms with Gasteiger partial charge in [-0.1, -0.05) is 13.8 Å². The molecule has 11 nitrogen and oxygen atoms in total. The standard InChI is InChI=1S/C22H42N6O5/c1-14(2)18(22(32)33)28-21(31)17(9-4-6-12-24)27-20(30)16(8-3-5-11-23)26-19(29)15-10-7-13-25-15/h14-18,25H,3-13,23-24H2,1-2H3,(H,26,29)(H,27,30)(H,28,31)(H,32,33)/t15-,16-,17-,18-/m0/s1. The molecule has 1 aliphatic heterocycles. The minimum atomic E-state index is -1.14. The summed E-state index contributed by atoms with van der Waals surface area (Å²) in [5, 5.41) is 20.6. The molecule has 1 saturated heterocycles. The summed E-state index contributed by atoms with van der Waals surface area (Å²) in [5.74, 6) is -2.74. The lowest BCUT2D eigenvalue weighted by Crippen LogP contribution is -2.57.